The standard InChI is InChI=1S/C21H15NO6S/c23-19(24)17-9-16(18(29-17)20(25)26)22-21(27)28-10-15-13-7-3-1-5-11(13)12-6-2-4-8-14(12)15/h1-9,15H,10H2,(H,22,27)(H,23,24)(H,25,26). The van der Waals surface area contributed by atoms with Crippen molar-refractivity contribution in [2.45, 2.75) is 5.92 Å². The zero-order chi connectivity index (χ0) is 20.5. The summed E-state index contributed by atoms with van der Waals surface area (Å²) in [5.74, 6) is -2.72. The number of nitrogens with one attached hydrogen (secondary N) is 1. The number of fused-ring (bicyclic) bond motifs is 3. The van der Waals surface area contributed by atoms with Crippen LogP contribution in [-0.2, 0) is 4.74 Å². The number of anilines is 1. The minimum Gasteiger partial charge on any atom is -0.477 e. The molecule has 0 bridgehead atoms. The highest BCUT2D eigenvalue weighted by atomic mass is 32.1. The lowest BCUT2D eigenvalue weighted by molar-refractivity contribution is 0.0693. The van der Waals surface area contributed by atoms with E-state index in [0.717, 1.165) is 28.3 Å². The van der Waals surface area contributed by atoms with Crippen LogP contribution in [0, 0.1) is 0 Å². The summed E-state index contributed by atoms with van der Waals surface area (Å²) in [5, 5.41) is 20.6. The van der Waals surface area contributed by atoms with Gasteiger partial charge in [-0.3, -0.25) is 5.32 Å². The molecule has 7 nitrogen and oxygen atoms in total. The van der Waals surface area contributed by atoms with Crippen molar-refractivity contribution in [2.75, 3.05) is 11.9 Å². The lowest BCUT2D eigenvalue weighted by Gasteiger charge is -2.14. The molecule has 29 heavy (non-hydrogen) atoms. The molecule has 0 atom stereocenters. The van der Waals surface area contributed by atoms with Crippen molar-refractivity contribution in [1.82, 2.24) is 0 Å². The van der Waals surface area contributed by atoms with Gasteiger partial charge < -0.3 is 14.9 Å². The molecule has 8 heteroatoms. The van der Waals surface area contributed by atoms with E-state index in [2.05, 4.69) is 5.32 Å². The van der Waals surface area contributed by atoms with E-state index in [9.17, 15) is 19.5 Å². The van der Waals surface area contributed by atoms with Crippen LogP contribution >= 0.6 is 11.3 Å². The first-order valence-corrected chi connectivity index (χ1v) is 9.49. The van der Waals surface area contributed by atoms with Gasteiger partial charge in [0, 0.05) is 5.92 Å². The van der Waals surface area contributed by atoms with E-state index >= 15 is 0 Å². The van der Waals surface area contributed by atoms with Crippen LogP contribution in [0.15, 0.2) is 54.6 Å². The van der Waals surface area contributed by atoms with Crippen LogP contribution in [0.2, 0.25) is 0 Å². The maximum absolute atomic E-state index is 12.3. The molecule has 0 radical (unpaired) electrons. The van der Waals surface area contributed by atoms with Crippen LogP contribution in [0.5, 0.6) is 0 Å². The molecule has 3 aromatic rings. The van der Waals surface area contributed by atoms with Crippen molar-refractivity contribution in [3.63, 3.8) is 0 Å². The van der Waals surface area contributed by atoms with Gasteiger partial charge in [-0.15, -0.1) is 11.3 Å². The number of amides is 1. The first kappa shape index (κ1) is 18.7. The summed E-state index contributed by atoms with van der Waals surface area (Å²) in [7, 11) is 0. The molecule has 0 fully saturated rings. The summed E-state index contributed by atoms with van der Waals surface area (Å²) < 4.78 is 5.36. The predicted molar refractivity (Wildman–Crippen MR) is 107 cm³/mol. The number of hydrogen-bond acceptors (Lipinski definition) is 5. The molecule has 1 aliphatic carbocycles. The summed E-state index contributed by atoms with van der Waals surface area (Å²) in [6.07, 6.45) is -0.843. The Hall–Kier alpha value is -3.65. The number of rotatable bonds is 5. The molecule has 0 saturated heterocycles. The highest BCUT2D eigenvalue weighted by Crippen LogP contribution is 2.44. The third-order valence-electron chi connectivity index (χ3n) is 4.72. The van der Waals surface area contributed by atoms with Crippen molar-refractivity contribution in [3.8, 4) is 11.1 Å². The van der Waals surface area contributed by atoms with Gasteiger partial charge in [-0.05, 0) is 28.3 Å². The fraction of sp³-hybridized carbons (Fsp3) is 0.0952. The fourth-order valence-electron chi connectivity index (χ4n) is 3.49. The number of carbonyl (C=O) groups is 3. The number of carboxylic acids is 2. The summed E-state index contributed by atoms with van der Waals surface area (Å²) in [6.45, 7) is 0.0676. The lowest BCUT2D eigenvalue weighted by atomic mass is 9.98. The van der Waals surface area contributed by atoms with Gasteiger partial charge in [0.05, 0.1) is 5.69 Å². The molecule has 1 aliphatic rings. The molecule has 0 saturated carbocycles. The number of carboxylic acid groups (broad SMARTS) is 2. The topological polar surface area (TPSA) is 113 Å². The van der Waals surface area contributed by atoms with Gasteiger partial charge >= 0.3 is 18.0 Å². The number of hydrogen-bond donors (Lipinski definition) is 3. The molecule has 2 aromatic carbocycles. The Balaban J connectivity index is 1.51. The highest BCUT2D eigenvalue weighted by molar-refractivity contribution is 7.16. The van der Waals surface area contributed by atoms with Gasteiger partial charge in [0.2, 0.25) is 0 Å². The van der Waals surface area contributed by atoms with Crippen LogP contribution in [0.4, 0.5) is 10.5 Å². The zero-order valence-electron chi connectivity index (χ0n) is 14.9. The summed E-state index contributed by atoms with van der Waals surface area (Å²) in [6, 6.07) is 16.9. The van der Waals surface area contributed by atoms with E-state index in [-0.39, 0.29) is 28.0 Å². The molecular weight excluding hydrogens is 394 g/mol. The van der Waals surface area contributed by atoms with E-state index in [1.54, 1.807) is 0 Å². The van der Waals surface area contributed by atoms with Crippen LogP contribution in [0.3, 0.4) is 0 Å². The molecule has 1 aromatic heterocycles. The van der Waals surface area contributed by atoms with Crippen LogP contribution in [0.1, 0.15) is 36.4 Å². The van der Waals surface area contributed by atoms with Gasteiger partial charge in [0.1, 0.15) is 16.4 Å². The SMILES string of the molecule is O=C(Nc1cc(C(=O)O)sc1C(=O)O)OCC1c2ccccc2-c2ccccc21. The van der Waals surface area contributed by atoms with E-state index in [1.807, 2.05) is 48.5 Å². The molecule has 0 aliphatic heterocycles. The van der Waals surface area contributed by atoms with Crippen LogP contribution in [-0.4, -0.2) is 34.9 Å². The van der Waals surface area contributed by atoms with Crippen molar-refractivity contribution in [2.24, 2.45) is 0 Å². The van der Waals surface area contributed by atoms with Gasteiger partial charge in [0.25, 0.3) is 0 Å². The number of ether oxygens (including phenoxy) is 1. The fourth-order valence-corrected chi connectivity index (χ4v) is 4.28. The van der Waals surface area contributed by atoms with Crippen LogP contribution in [0.25, 0.3) is 11.1 Å². The maximum atomic E-state index is 12.3. The molecule has 146 valence electrons. The number of aromatic carboxylic acids is 2. The normalized spacial score (nSPS) is 12.1. The minimum absolute atomic E-state index is 0.0676. The monoisotopic (exact) mass is 409 g/mol. The molecule has 4 rings (SSSR count). The van der Waals surface area contributed by atoms with E-state index in [4.69, 9.17) is 9.84 Å². The molecular formula is C21H15NO6S. The van der Waals surface area contributed by atoms with Gasteiger partial charge in [-0.25, -0.2) is 14.4 Å². The number of carbonyl (C=O) groups excluding carboxylic acids is 1. The average Bonchev–Trinajstić information content (AvgIpc) is 3.26. The van der Waals surface area contributed by atoms with Crippen LogP contribution < -0.4 is 5.32 Å². The predicted octanol–water partition coefficient (Wildman–Crippen LogP) is 4.51. The smallest absolute Gasteiger partial charge is 0.411 e. The van der Waals surface area contributed by atoms with E-state index in [0.29, 0.717) is 11.3 Å². The Kier molecular flexibility index (Phi) is 4.77. The third-order valence-corrected chi connectivity index (χ3v) is 5.83. The molecule has 1 heterocycles. The second-order valence-electron chi connectivity index (χ2n) is 6.41. The Morgan fingerprint density at radius 1 is 0.931 bits per heavy atom. The van der Waals surface area contributed by atoms with Crippen molar-refractivity contribution in [3.05, 3.63) is 75.5 Å². The second-order valence-corrected chi connectivity index (χ2v) is 7.47. The molecule has 0 unspecified atom stereocenters. The Bertz CT molecular complexity index is 1090. The van der Waals surface area contributed by atoms with Gasteiger partial charge in [0.15, 0.2) is 0 Å². The van der Waals surface area contributed by atoms with E-state index < -0.39 is 18.0 Å². The zero-order valence-corrected chi connectivity index (χ0v) is 15.7. The first-order chi connectivity index (χ1) is 14.0. The summed E-state index contributed by atoms with van der Waals surface area (Å²) >= 11 is 0.573. The molecule has 1 amide bonds. The quantitative estimate of drug-likeness (QED) is 0.572. The molecule has 0 spiro atoms. The summed E-state index contributed by atoms with van der Waals surface area (Å²) in [4.78, 5) is 34.2. The van der Waals surface area contributed by atoms with E-state index in [1.165, 1.54) is 0 Å². The summed E-state index contributed by atoms with van der Waals surface area (Å²) in [5.41, 5.74) is 4.19. The Morgan fingerprint density at radius 2 is 1.52 bits per heavy atom. The van der Waals surface area contributed by atoms with Gasteiger partial charge in [-0.1, -0.05) is 48.5 Å². The average molecular weight is 409 g/mol. The Morgan fingerprint density at radius 3 is 2.07 bits per heavy atom. The number of thiophene rings is 1. The maximum Gasteiger partial charge on any atom is 0.411 e. The lowest BCUT2D eigenvalue weighted by Crippen LogP contribution is -2.18. The third kappa shape index (κ3) is 3.45. The second kappa shape index (κ2) is 7.40. The van der Waals surface area contributed by atoms with Crippen molar-refractivity contribution >= 4 is 35.1 Å². The van der Waals surface area contributed by atoms with Gasteiger partial charge in [-0.2, -0.15) is 0 Å². The highest BCUT2D eigenvalue weighted by Gasteiger charge is 2.29. The Labute approximate surface area is 169 Å². The van der Waals surface area contributed by atoms with Crippen molar-refractivity contribution in [1.29, 1.82) is 0 Å². The number of benzene rings is 2. The van der Waals surface area contributed by atoms with Crippen molar-refractivity contribution < 1.29 is 29.3 Å². The first-order valence-electron chi connectivity index (χ1n) is 8.68. The molecule has 3 N–H and O–H groups in total. The largest absolute Gasteiger partial charge is 0.477 e. The minimum atomic E-state index is -1.32.